The lowest BCUT2D eigenvalue weighted by molar-refractivity contribution is -0.118. The van der Waals surface area contributed by atoms with E-state index in [4.69, 9.17) is 11.6 Å². The first-order chi connectivity index (χ1) is 14.1. The first-order valence-electron chi connectivity index (χ1n) is 9.22. The summed E-state index contributed by atoms with van der Waals surface area (Å²) < 4.78 is 0. The van der Waals surface area contributed by atoms with Gasteiger partial charge in [0.15, 0.2) is 0 Å². The predicted molar refractivity (Wildman–Crippen MR) is 114 cm³/mol. The Labute approximate surface area is 173 Å². The number of carbonyl (C=O) groups excluding carboxylic acids is 2. The topological polar surface area (TPSA) is 62.6 Å². The van der Waals surface area contributed by atoms with E-state index in [9.17, 15) is 9.59 Å². The number of imide groups is 1. The highest BCUT2D eigenvalue weighted by Gasteiger charge is 2.38. The lowest BCUT2D eigenvalue weighted by atomic mass is 9.88. The van der Waals surface area contributed by atoms with Crippen molar-refractivity contribution in [2.24, 2.45) is 4.99 Å². The molecular weight excluding hydrogens is 386 g/mol. The van der Waals surface area contributed by atoms with Crippen LogP contribution in [-0.2, 0) is 4.79 Å². The van der Waals surface area contributed by atoms with E-state index in [0.717, 1.165) is 5.56 Å². The molecule has 0 fully saturated rings. The number of carbonyl (C=O) groups is 2. The molecule has 3 aromatic rings. The molecule has 29 heavy (non-hydrogen) atoms. The Morgan fingerprint density at radius 2 is 1.83 bits per heavy atom. The van der Waals surface area contributed by atoms with Crippen LogP contribution in [0.15, 0.2) is 78.0 Å². The van der Waals surface area contributed by atoms with Gasteiger partial charge in [0.2, 0.25) is 5.91 Å². The number of hydrogen-bond acceptors (Lipinski definition) is 4. The molecule has 4 rings (SSSR count). The summed E-state index contributed by atoms with van der Waals surface area (Å²) in [4.78, 5) is 36.2. The van der Waals surface area contributed by atoms with Gasteiger partial charge < -0.3 is 0 Å². The van der Waals surface area contributed by atoms with Crippen molar-refractivity contribution < 1.29 is 9.59 Å². The molecule has 1 aromatic heterocycles. The van der Waals surface area contributed by atoms with Gasteiger partial charge in [0.05, 0.1) is 17.6 Å². The number of fused-ring (bicyclic) bond motifs is 1. The maximum absolute atomic E-state index is 13.3. The van der Waals surface area contributed by atoms with E-state index >= 15 is 0 Å². The largest absolute Gasteiger partial charge is 0.289 e. The Kier molecular flexibility index (Phi) is 5.23. The molecule has 2 amide bonds. The summed E-state index contributed by atoms with van der Waals surface area (Å²) in [5, 5.41) is 0.457. The lowest BCUT2D eigenvalue weighted by Crippen LogP contribution is -2.45. The molecule has 1 aliphatic rings. The number of aromatic nitrogens is 1. The molecular formula is C23H18ClN3O2. The van der Waals surface area contributed by atoms with Crippen molar-refractivity contribution in [2.45, 2.75) is 18.9 Å². The van der Waals surface area contributed by atoms with Crippen molar-refractivity contribution in [3.05, 3.63) is 94.8 Å². The molecule has 2 atom stereocenters. The molecule has 0 spiro atoms. The molecule has 0 saturated carbocycles. The van der Waals surface area contributed by atoms with Crippen molar-refractivity contribution in [3.8, 4) is 0 Å². The van der Waals surface area contributed by atoms with Gasteiger partial charge in [0.1, 0.15) is 0 Å². The highest BCUT2D eigenvalue weighted by Crippen LogP contribution is 2.33. The van der Waals surface area contributed by atoms with Crippen molar-refractivity contribution in [3.63, 3.8) is 0 Å². The average molecular weight is 404 g/mol. The molecule has 1 aliphatic heterocycles. The number of aliphatic imine (C=N–C) groups is 1. The van der Waals surface area contributed by atoms with Gasteiger partial charge >= 0.3 is 0 Å². The van der Waals surface area contributed by atoms with Crippen LogP contribution in [0.3, 0.4) is 0 Å². The number of pyridine rings is 1. The van der Waals surface area contributed by atoms with Gasteiger partial charge in [-0.3, -0.25) is 19.6 Å². The van der Waals surface area contributed by atoms with Crippen LogP contribution in [0.1, 0.15) is 40.4 Å². The van der Waals surface area contributed by atoms with Gasteiger partial charge in [0, 0.05) is 29.2 Å². The predicted octanol–water partition coefficient (Wildman–Crippen LogP) is 4.84. The van der Waals surface area contributed by atoms with E-state index in [1.54, 1.807) is 61.1 Å². The first kappa shape index (κ1) is 19.0. The maximum Gasteiger partial charge on any atom is 0.265 e. The zero-order valence-electron chi connectivity index (χ0n) is 15.7. The summed E-state index contributed by atoms with van der Waals surface area (Å²) in [5.41, 5.74) is 2.59. The molecule has 0 N–H and O–H groups in total. The Hall–Kier alpha value is -3.31. The van der Waals surface area contributed by atoms with Crippen LogP contribution in [-0.4, -0.2) is 23.0 Å². The molecule has 1 unspecified atom stereocenters. The Morgan fingerprint density at radius 1 is 1.07 bits per heavy atom. The summed E-state index contributed by atoms with van der Waals surface area (Å²) in [7, 11) is 0. The fourth-order valence-corrected chi connectivity index (χ4v) is 3.59. The number of nitrogens with zero attached hydrogens (tertiary/aromatic N) is 3. The molecule has 2 heterocycles. The molecule has 2 aromatic carbocycles. The summed E-state index contributed by atoms with van der Waals surface area (Å²) in [6.45, 7) is 1.95. The second-order valence-electron chi connectivity index (χ2n) is 6.78. The number of amides is 2. The number of anilines is 1. The summed E-state index contributed by atoms with van der Waals surface area (Å²) in [6.07, 6.45) is 5.06. The minimum atomic E-state index is -0.660. The van der Waals surface area contributed by atoms with Crippen LogP contribution >= 0.6 is 11.6 Å². The monoisotopic (exact) mass is 403 g/mol. The minimum absolute atomic E-state index is 0.143. The standard InChI is InChI=1S/C23H18ClN3O2/c1-15(16-9-11-25-12-10-16)26-14-21-19-7-2-3-8-20(19)22(28)27(23(21)29)18-6-4-5-17(24)13-18/h2-15,21H,1H3/t15-,21?/m1/s1. The fraction of sp³-hybridized carbons (Fsp3) is 0.130. The van der Waals surface area contributed by atoms with E-state index in [2.05, 4.69) is 9.98 Å². The smallest absolute Gasteiger partial charge is 0.265 e. The third-order valence-corrected chi connectivity index (χ3v) is 5.16. The highest BCUT2D eigenvalue weighted by molar-refractivity contribution is 6.32. The average Bonchev–Trinajstić information content (AvgIpc) is 2.74. The van der Waals surface area contributed by atoms with Gasteiger partial charge in [-0.25, -0.2) is 4.90 Å². The van der Waals surface area contributed by atoms with E-state index in [1.165, 1.54) is 4.90 Å². The van der Waals surface area contributed by atoms with Crippen LogP contribution in [0.25, 0.3) is 0 Å². The molecule has 0 aliphatic carbocycles. The molecule has 144 valence electrons. The van der Waals surface area contributed by atoms with Crippen molar-refractivity contribution in [1.29, 1.82) is 0 Å². The second-order valence-corrected chi connectivity index (χ2v) is 7.21. The number of hydrogen-bond donors (Lipinski definition) is 0. The molecule has 6 heteroatoms. The zero-order chi connectivity index (χ0) is 20.4. The van der Waals surface area contributed by atoms with Gasteiger partial charge in [0.25, 0.3) is 5.91 Å². The van der Waals surface area contributed by atoms with Crippen LogP contribution < -0.4 is 4.90 Å². The molecule has 0 saturated heterocycles. The second kappa shape index (κ2) is 7.97. The number of benzene rings is 2. The highest BCUT2D eigenvalue weighted by atomic mass is 35.5. The van der Waals surface area contributed by atoms with E-state index in [0.29, 0.717) is 21.8 Å². The van der Waals surface area contributed by atoms with E-state index in [-0.39, 0.29) is 17.9 Å². The molecule has 5 nitrogen and oxygen atoms in total. The Bertz CT molecular complexity index is 1100. The molecule has 0 bridgehead atoms. The van der Waals surface area contributed by atoms with Gasteiger partial charge in [-0.15, -0.1) is 0 Å². The zero-order valence-corrected chi connectivity index (χ0v) is 16.5. The Balaban J connectivity index is 1.74. The van der Waals surface area contributed by atoms with Gasteiger partial charge in [-0.2, -0.15) is 0 Å². The number of halogens is 1. The summed E-state index contributed by atoms with van der Waals surface area (Å²) >= 11 is 6.09. The normalized spacial score (nSPS) is 17.4. The first-order valence-corrected chi connectivity index (χ1v) is 9.60. The summed E-state index contributed by atoms with van der Waals surface area (Å²) in [6, 6.07) is 17.5. The van der Waals surface area contributed by atoms with Crippen LogP contribution in [0.2, 0.25) is 5.02 Å². The summed E-state index contributed by atoms with van der Waals surface area (Å²) in [5.74, 6) is -1.37. The minimum Gasteiger partial charge on any atom is -0.289 e. The lowest BCUT2D eigenvalue weighted by Gasteiger charge is -2.31. The SMILES string of the molecule is C[C@@H](N=CC1C(=O)N(c2cccc(Cl)c2)C(=O)c2ccccc21)c1ccncc1. The van der Waals surface area contributed by atoms with Crippen LogP contribution in [0.5, 0.6) is 0 Å². The van der Waals surface area contributed by atoms with E-state index in [1.807, 2.05) is 25.1 Å². The van der Waals surface area contributed by atoms with Crippen molar-refractivity contribution in [2.75, 3.05) is 4.90 Å². The quantitative estimate of drug-likeness (QED) is 0.462. The number of rotatable bonds is 4. The van der Waals surface area contributed by atoms with Crippen LogP contribution in [0, 0.1) is 0 Å². The maximum atomic E-state index is 13.3. The van der Waals surface area contributed by atoms with Gasteiger partial charge in [-0.1, -0.05) is 35.9 Å². The van der Waals surface area contributed by atoms with Crippen molar-refractivity contribution >= 4 is 35.3 Å². The molecule has 0 radical (unpaired) electrons. The fourth-order valence-electron chi connectivity index (χ4n) is 3.40. The van der Waals surface area contributed by atoms with Gasteiger partial charge in [-0.05, 0) is 54.4 Å². The van der Waals surface area contributed by atoms with E-state index < -0.39 is 5.92 Å². The Morgan fingerprint density at radius 3 is 2.59 bits per heavy atom. The third-order valence-electron chi connectivity index (χ3n) is 4.93. The van der Waals surface area contributed by atoms with Crippen LogP contribution in [0.4, 0.5) is 5.69 Å². The van der Waals surface area contributed by atoms with Crippen molar-refractivity contribution in [1.82, 2.24) is 4.98 Å². The third kappa shape index (κ3) is 3.69.